The van der Waals surface area contributed by atoms with Crippen LogP contribution in [0.25, 0.3) is 0 Å². The molecule has 1 unspecified atom stereocenters. The van der Waals surface area contributed by atoms with Crippen molar-refractivity contribution in [2.24, 2.45) is 0 Å². The van der Waals surface area contributed by atoms with Crippen LogP contribution in [0.1, 0.15) is 41.5 Å². The third-order valence-corrected chi connectivity index (χ3v) is 6.17. The third kappa shape index (κ3) is 2.57. The van der Waals surface area contributed by atoms with Gasteiger partial charge in [0.15, 0.2) is 5.76 Å². The van der Waals surface area contributed by atoms with E-state index in [2.05, 4.69) is 5.16 Å². The lowest BCUT2D eigenvalue weighted by atomic mass is 10.1. The van der Waals surface area contributed by atoms with E-state index in [-0.39, 0.29) is 6.04 Å². The van der Waals surface area contributed by atoms with E-state index >= 15 is 0 Å². The van der Waals surface area contributed by atoms with Crippen molar-refractivity contribution in [2.75, 3.05) is 6.54 Å². The van der Waals surface area contributed by atoms with Crippen LogP contribution in [0.15, 0.2) is 33.7 Å². The summed E-state index contributed by atoms with van der Waals surface area (Å²) in [4.78, 5) is 0.346. The summed E-state index contributed by atoms with van der Waals surface area (Å²) in [5, 5.41) is 3.88. The molecule has 1 aliphatic heterocycles. The zero-order valence-electron chi connectivity index (χ0n) is 13.0. The fourth-order valence-electron chi connectivity index (χ4n) is 2.86. The van der Waals surface area contributed by atoms with Gasteiger partial charge in [-0.05, 0) is 56.9 Å². The van der Waals surface area contributed by atoms with Crippen molar-refractivity contribution in [1.82, 2.24) is 9.46 Å². The molecule has 0 saturated carbocycles. The summed E-state index contributed by atoms with van der Waals surface area (Å²) in [5.74, 6) is 0.627. The van der Waals surface area contributed by atoms with E-state index in [1.807, 2.05) is 32.9 Å². The molecule has 3 rings (SSSR count). The second kappa shape index (κ2) is 5.52. The Balaban J connectivity index is 1.98. The molecular formula is C16H20N2O3S. The molecule has 1 fully saturated rings. The van der Waals surface area contributed by atoms with Crippen molar-refractivity contribution >= 4 is 10.0 Å². The van der Waals surface area contributed by atoms with Gasteiger partial charge in [-0.3, -0.25) is 0 Å². The van der Waals surface area contributed by atoms with Gasteiger partial charge >= 0.3 is 0 Å². The van der Waals surface area contributed by atoms with Crippen LogP contribution in [0, 0.1) is 20.8 Å². The Hall–Kier alpha value is -1.66. The van der Waals surface area contributed by atoms with Crippen LogP contribution in [-0.2, 0) is 10.0 Å². The summed E-state index contributed by atoms with van der Waals surface area (Å²) in [6, 6.07) is 6.84. The van der Waals surface area contributed by atoms with Gasteiger partial charge in [0.05, 0.1) is 16.6 Å². The molecule has 5 nitrogen and oxygen atoms in total. The lowest BCUT2D eigenvalue weighted by molar-refractivity contribution is 0.297. The average Bonchev–Trinajstić information content (AvgIpc) is 3.10. The molecule has 1 aliphatic rings. The molecule has 118 valence electrons. The van der Waals surface area contributed by atoms with Gasteiger partial charge in [0.1, 0.15) is 0 Å². The Labute approximate surface area is 131 Å². The summed E-state index contributed by atoms with van der Waals surface area (Å²) in [6.45, 7) is 6.25. The number of nitrogens with zero attached hydrogens (tertiary/aromatic N) is 2. The van der Waals surface area contributed by atoms with E-state index in [0.29, 0.717) is 17.2 Å². The lowest BCUT2D eigenvalue weighted by Crippen LogP contribution is -2.30. The second-order valence-electron chi connectivity index (χ2n) is 5.89. The minimum atomic E-state index is -3.52. The fraction of sp³-hybridized carbons (Fsp3) is 0.438. The number of hydrogen-bond acceptors (Lipinski definition) is 4. The second-order valence-corrected chi connectivity index (χ2v) is 7.78. The molecule has 0 radical (unpaired) electrons. The summed E-state index contributed by atoms with van der Waals surface area (Å²) >= 11 is 0. The molecule has 1 aromatic carbocycles. The summed E-state index contributed by atoms with van der Waals surface area (Å²) < 4.78 is 32.7. The zero-order valence-corrected chi connectivity index (χ0v) is 13.9. The number of rotatable bonds is 3. The van der Waals surface area contributed by atoms with Gasteiger partial charge in [-0.25, -0.2) is 8.42 Å². The lowest BCUT2D eigenvalue weighted by Gasteiger charge is -2.22. The molecule has 0 N–H and O–H groups in total. The standard InChI is InChI=1S/C16H20N2O3S/c1-11-6-7-14(9-12(11)2)22(19,20)18-8-4-5-15(18)16-10-13(3)17-21-16/h6-7,9-10,15H,4-5,8H2,1-3H3. The van der Waals surface area contributed by atoms with Crippen LogP contribution < -0.4 is 0 Å². The van der Waals surface area contributed by atoms with Crippen molar-refractivity contribution in [3.05, 3.63) is 46.8 Å². The molecule has 1 aromatic heterocycles. The first-order valence-electron chi connectivity index (χ1n) is 7.42. The van der Waals surface area contributed by atoms with Gasteiger partial charge in [0.2, 0.25) is 10.0 Å². The Morgan fingerprint density at radius 1 is 1.18 bits per heavy atom. The smallest absolute Gasteiger partial charge is 0.243 e. The first kappa shape index (κ1) is 15.2. The van der Waals surface area contributed by atoms with Crippen molar-refractivity contribution in [2.45, 2.75) is 44.6 Å². The van der Waals surface area contributed by atoms with Crippen molar-refractivity contribution in [3.63, 3.8) is 0 Å². The van der Waals surface area contributed by atoms with Gasteiger partial charge in [0.25, 0.3) is 0 Å². The van der Waals surface area contributed by atoms with Crippen LogP contribution >= 0.6 is 0 Å². The maximum atomic E-state index is 13.0. The number of aryl methyl sites for hydroxylation is 3. The van der Waals surface area contributed by atoms with E-state index in [4.69, 9.17) is 4.52 Å². The first-order valence-corrected chi connectivity index (χ1v) is 8.86. The minimum Gasteiger partial charge on any atom is -0.359 e. The molecular weight excluding hydrogens is 300 g/mol. The largest absolute Gasteiger partial charge is 0.359 e. The zero-order chi connectivity index (χ0) is 15.9. The Morgan fingerprint density at radius 2 is 1.95 bits per heavy atom. The van der Waals surface area contributed by atoms with Crippen LogP contribution in [0.3, 0.4) is 0 Å². The van der Waals surface area contributed by atoms with Crippen LogP contribution in [0.4, 0.5) is 0 Å². The third-order valence-electron chi connectivity index (χ3n) is 4.26. The minimum absolute atomic E-state index is 0.257. The van der Waals surface area contributed by atoms with Crippen LogP contribution in [0.5, 0.6) is 0 Å². The first-order chi connectivity index (χ1) is 10.4. The van der Waals surface area contributed by atoms with Gasteiger partial charge < -0.3 is 4.52 Å². The average molecular weight is 320 g/mol. The SMILES string of the molecule is Cc1cc(C2CCCN2S(=O)(=O)c2ccc(C)c(C)c2)on1. The summed E-state index contributed by atoms with van der Waals surface area (Å²) in [6.07, 6.45) is 1.59. The van der Waals surface area contributed by atoms with E-state index in [0.717, 1.165) is 29.7 Å². The van der Waals surface area contributed by atoms with Crippen molar-refractivity contribution < 1.29 is 12.9 Å². The highest BCUT2D eigenvalue weighted by Gasteiger charge is 2.38. The van der Waals surface area contributed by atoms with Gasteiger partial charge in [-0.2, -0.15) is 4.31 Å². The molecule has 0 bridgehead atoms. The predicted molar refractivity (Wildman–Crippen MR) is 83.0 cm³/mol. The van der Waals surface area contributed by atoms with Gasteiger partial charge in [-0.1, -0.05) is 11.2 Å². The van der Waals surface area contributed by atoms with Gasteiger partial charge in [0, 0.05) is 12.6 Å². The molecule has 0 aliphatic carbocycles. The Kier molecular flexibility index (Phi) is 3.82. The summed E-state index contributed by atoms with van der Waals surface area (Å²) in [7, 11) is -3.52. The molecule has 2 heterocycles. The Bertz CT molecular complexity index is 795. The summed E-state index contributed by atoms with van der Waals surface area (Å²) in [5.41, 5.74) is 2.83. The van der Waals surface area contributed by atoms with Crippen LogP contribution in [-0.4, -0.2) is 24.4 Å². The highest BCUT2D eigenvalue weighted by Crippen LogP contribution is 2.37. The van der Waals surface area contributed by atoms with Gasteiger partial charge in [-0.15, -0.1) is 0 Å². The molecule has 2 aromatic rings. The van der Waals surface area contributed by atoms with E-state index < -0.39 is 10.0 Å². The van der Waals surface area contributed by atoms with E-state index in [9.17, 15) is 8.42 Å². The molecule has 1 saturated heterocycles. The van der Waals surface area contributed by atoms with Crippen molar-refractivity contribution in [1.29, 1.82) is 0 Å². The monoisotopic (exact) mass is 320 g/mol. The van der Waals surface area contributed by atoms with Crippen molar-refractivity contribution in [3.8, 4) is 0 Å². The molecule has 0 spiro atoms. The highest BCUT2D eigenvalue weighted by molar-refractivity contribution is 7.89. The number of aromatic nitrogens is 1. The normalized spacial score (nSPS) is 19.7. The quantitative estimate of drug-likeness (QED) is 0.871. The maximum Gasteiger partial charge on any atom is 0.243 e. The van der Waals surface area contributed by atoms with E-state index in [1.54, 1.807) is 12.1 Å². The predicted octanol–water partition coefficient (Wildman–Crippen LogP) is 3.13. The highest BCUT2D eigenvalue weighted by atomic mass is 32.2. The number of sulfonamides is 1. The van der Waals surface area contributed by atoms with Crippen LogP contribution in [0.2, 0.25) is 0 Å². The Morgan fingerprint density at radius 3 is 2.59 bits per heavy atom. The fourth-order valence-corrected chi connectivity index (χ4v) is 4.61. The number of hydrogen-bond donors (Lipinski definition) is 0. The maximum absolute atomic E-state index is 13.0. The molecule has 1 atom stereocenters. The number of benzene rings is 1. The topological polar surface area (TPSA) is 63.4 Å². The molecule has 22 heavy (non-hydrogen) atoms. The molecule has 6 heteroatoms. The van der Waals surface area contributed by atoms with E-state index in [1.165, 1.54) is 4.31 Å². The molecule has 0 amide bonds.